The number of nitrogens with zero attached hydrogens (tertiary/aromatic N) is 3. The molecule has 2 aliphatic rings. The van der Waals surface area contributed by atoms with Crippen molar-refractivity contribution in [2.75, 3.05) is 59.6 Å². The molecule has 1 unspecified atom stereocenters. The van der Waals surface area contributed by atoms with Gasteiger partial charge in [-0.15, -0.1) is 0 Å². The molecule has 0 spiro atoms. The van der Waals surface area contributed by atoms with E-state index in [0.717, 1.165) is 13.1 Å². The van der Waals surface area contributed by atoms with Gasteiger partial charge in [0.25, 0.3) is 5.91 Å². The summed E-state index contributed by atoms with van der Waals surface area (Å²) in [5.41, 5.74) is 0.550. The summed E-state index contributed by atoms with van der Waals surface area (Å²) < 4.78 is 10.6. The van der Waals surface area contributed by atoms with Crippen molar-refractivity contribution in [2.24, 2.45) is 0 Å². The third-order valence-electron chi connectivity index (χ3n) is 5.10. The molecule has 2 fully saturated rings. The zero-order chi connectivity index (χ0) is 18.5. The normalized spacial score (nSPS) is 21.5. The van der Waals surface area contributed by atoms with E-state index >= 15 is 0 Å². The first-order chi connectivity index (χ1) is 12.6. The summed E-state index contributed by atoms with van der Waals surface area (Å²) in [6.07, 6.45) is 0. The number of benzene rings is 1. The molecule has 142 valence electrons. The van der Waals surface area contributed by atoms with E-state index in [0.29, 0.717) is 50.7 Å². The molecule has 1 aromatic rings. The van der Waals surface area contributed by atoms with Crippen LogP contribution in [0.25, 0.3) is 0 Å². The molecule has 7 heteroatoms. The summed E-state index contributed by atoms with van der Waals surface area (Å²) in [6, 6.07) is 6.65. The first kappa shape index (κ1) is 18.7. The Morgan fingerprint density at radius 3 is 2.65 bits per heavy atom. The van der Waals surface area contributed by atoms with Crippen molar-refractivity contribution in [3.05, 3.63) is 29.8 Å². The Labute approximate surface area is 154 Å². The van der Waals surface area contributed by atoms with Crippen molar-refractivity contribution in [1.29, 1.82) is 0 Å². The van der Waals surface area contributed by atoms with Crippen LogP contribution in [-0.2, 0) is 9.53 Å². The minimum atomic E-state index is -0.458. The van der Waals surface area contributed by atoms with Crippen molar-refractivity contribution in [3.8, 4) is 5.75 Å². The average molecular weight is 361 g/mol. The summed E-state index contributed by atoms with van der Waals surface area (Å²) in [6.45, 7) is 7.13. The van der Waals surface area contributed by atoms with Crippen LogP contribution in [0.3, 0.4) is 0 Å². The quantitative estimate of drug-likeness (QED) is 0.790. The second-order valence-corrected chi connectivity index (χ2v) is 6.58. The molecule has 2 saturated heterocycles. The maximum Gasteiger partial charge on any atom is 0.254 e. The van der Waals surface area contributed by atoms with Gasteiger partial charge in [0.1, 0.15) is 11.8 Å². The SMILES string of the molecule is CCN1CCN(C(=O)c2cccc(OC)c2)C(C(=O)N2CCOCC2)C1. The van der Waals surface area contributed by atoms with E-state index in [1.54, 1.807) is 30.2 Å². The highest BCUT2D eigenvalue weighted by Crippen LogP contribution is 2.20. The highest BCUT2D eigenvalue weighted by Gasteiger charge is 2.37. The molecule has 2 amide bonds. The minimum Gasteiger partial charge on any atom is -0.497 e. The lowest BCUT2D eigenvalue weighted by atomic mass is 10.1. The molecule has 0 N–H and O–H groups in total. The molecule has 1 aromatic carbocycles. The Kier molecular flexibility index (Phi) is 6.11. The van der Waals surface area contributed by atoms with Gasteiger partial charge < -0.3 is 19.3 Å². The average Bonchev–Trinajstić information content (AvgIpc) is 2.72. The highest BCUT2D eigenvalue weighted by atomic mass is 16.5. The molecule has 26 heavy (non-hydrogen) atoms. The fourth-order valence-electron chi connectivity index (χ4n) is 3.50. The number of methoxy groups -OCH3 is 1. The predicted molar refractivity (Wildman–Crippen MR) is 97.3 cm³/mol. The number of amides is 2. The van der Waals surface area contributed by atoms with E-state index in [2.05, 4.69) is 11.8 Å². The largest absolute Gasteiger partial charge is 0.497 e. The van der Waals surface area contributed by atoms with Gasteiger partial charge in [-0.25, -0.2) is 0 Å². The highest BCUT2D eigenvalue weighted by molar-refractivity contribution is 5.98. The van der Waals surface area contributed by atoms with Crippen LogP contribution in [0.15, 0.2) is 24.3 Å². The molecule has 2 heterocycles. The van der Waals surface area contributed by atoms with Crippen LogP contribution in [-0.4, -0.2) is 92.1 Å². The van der Waals surface area contributed by atoms with E-state index in [1.807, 2.05) is 11.0 Å². The van der Waals surface area contributed by atoms with Gasteiger partial charge in [0.2, 0.25) is 5.91 Å². The van der Waals surface area contributed by atoms with Crippen molar-refractivity contribution in [1.82, 2.24) is 14.7 Å². The molecule has 2 aliphatic heterocycles. The van der Waals surface area contributed by atoms with E-state index in [-0.39, 0.29) is 11.8 Å². The predicted octanol–water partition coefficient (Wildman–Crippen LogP) is 0.700. The molecule has 7 nitrogen and oxygen atoms in total. The van der Waals surface area contributed by atoms with Crippen LogP contribution >= 0.6 is 0 Å². The molecular formula is C19H27N3O4. The number of rotatable bonds is 4. The Morgan fingerprint density at radius 2 is 1.96 bits per heavy atom. The number of carbonyl (C=O) groups excluding carboxylic acids is 2. The van der Waals surface area contributed by atoms with Gasteiger partial charge in [-0.1, -0.05) is 13.0 Å². The number of piperazine rings is 1. The van der Waals surface area contributed by atoms with Crippen LogP contribution in [0.2, 0.25) is 0 Å². The smallest absolute Gasteiger partial charge is 0.254 e. The van der Waals surface area contributed by atoms with Crippen molar-refractivity contribution < 1.29 is 19.1 Å². The summed E-state index contributed by atoms with van der Waals surface area (Å²) in [5.74, 6) is 0.535. The van der Waals surface area contributed by atoms with Crippen molar-refractivity contribution in [3.63, 3.8) is 0 Å². The lowest BCUT2D eigenvalue weighted by Gasteiger charge is -2.42. The minimum absolute atomic E-state index is 0.0164. The maximum absolute atomic E-state index is 13.1. The second kappa shape index (κ2) is 8.51. The Bertz CT molecular complexity index is 645. The maximum atomic E-state index is 13.1. The van der Waals surface area contributed by atoms with Crippen LogP contribution in [0.5, 0.6) is 5.75 Å². The van der Waals surface area contributed by atoms with E-state index in [1.165, 1.54) is 0 Å². The number of likely N-dealkylation sites (N-methyl/N-ethyl adjacent to an activating group) is 1. The summed E-state index contributed by atoms with van der Waals surface area (Å²) in [7, 11) is 1.58. The third kappa shape index (κ3) is 3.99. The molecule has 3 rings (SSSR count). The Morgan fingerprint density at radius 1 is 1.19 bits per heavy atom. The Hall–Kier alpha value is -2.12. The lowest BCUT2D eigenvalue weighted by molar-refractivity contribution is -0.142. The zero-order valence-electron chi connectivity index (χ0n) is 15.5. The fraction of sp³-hybridized carbons (Fsp3) is 0.579. The second-order valence-electron chi connectivity index (χ2n) is 6.58. The van der Waals surface area contributed by atoms with Gasteiger partial charge >= 0.3 is 0 Å². The topological polar surface area (TPSA) is 62.3 Å². The van der Waals surface area contributed by atoms with Crippen LogP contribution in [0.1, 0.15) is 17.3 Å². The molecule has 1 atom stereocenters. The molecular weight excluding hydrogens is 334 g/mol. The number of carbonyl (C=O) groups is 2. The van der Waals surface area contributed by atoms with Gasteiger partial charge in [0.05, 0.1) is 20.3 Å². The van der Waals surface area contributed by atoms with E-state index in [9.17, 15) is 9.59 Å². The number of morpholine rings is 1. The molecule has 0 saturated carbocycles. The standard InChI is InChI=1S/C19H27N3O4/c1-3-20-7-8-22(18(23)15-5-4-6-16(13-15)25-2)17(14-20)19(24)21-9-11-26-12-10-21/h4-6,13,17H,3,7-12,14H2,1-2H3. The fourth-order valence-corrected chi connectivity index (χ4v) is 3.50. The summed E-state index contributed by atoms with van der Waals surface area (Å²) in [5, 5.41) is 0. The van der Waals surface area contributed by atoms with Gasteiger partial charge in [-0.05, 0) is 24.7 Å². The third-order valence-corrected chi connectivity index (χ3v) is 5.10. The van der Waals surface area contributed by atoms with Crippen LogP contribution < -0.4 is 4.74 Å². The van der Waals surface area contributed by atoms with Crippen LogP contribution in [0, 0.1) is 0 Å². The van der Waals surface area contributed by atoms with Crippen molar-refractivity contribution in [2.45, 2.75) is 13.0 Å². The zero-order valence-corrected chi connectivity index (χ0v) is 15.5. The Balaban J connectivity index is 1.82. The molecule has 0 aliphatic carbocycles. The lowest BCUT2D eigenvalue weighted by Crippen LogP contribution is -2.62. The first-order valence-electron chi connectivity index (χ1n) is 9.18. The van der Waals surface area contributed by atoms with E-state index in [4.69, 9.17) is 9.47 Å². The van der Waals surface area contributed by atoms with Gasteiger partial charge in [-0.2, -0.15) is 0 Å². The first-order valence-corrected chi connectivity index (χ1v) is 9.18. The summed E-state index contributed by atoms with van der Waals surface area (Å²) >= 11 is 0. The van der Waals surface area contributed by atoms with Gasteiger partial charge in [-0.3, -0.25) is 14.5 Å². The summed E-state index contributed by atoms with van der Waals surface area (Å²) in [4.78, 5) is 32.0. The monoisotopic (exact) mass is 361 g/mol. The van der Waals surface area contributed by atoms with Gasteiger partial charge in [0, 0.05) is 38.3 Å². The molecule has 0 radical (unpaired) electrons. The molecule has 0 bridgehead atoms. The number of hydrogen-bond donors (Lipinski definition) is 0. The molecule has 0 aromatic heterocycles. The number of hydrogen-bond acceptors (Lipinski definition) is 5. The van der Waals surface area contributed by atoms with Crippen molar-refractivity contribution >= 4 is 11.8 Å². The van der Waals surface area contributed by atoms with Gasteiger partial charge in [0.15, 0.2) is 0 Å². The van der Waals surface area contributed by atoms with E-state index < -0.39 is 6.04 Å². The number of ether oxygens (including phenoxy) is 2. The van der Waals surface area contributed by atoms with Crippen LogP contribution in [0.4, 0.5) is 0 Å².